The molecule has 1 aliphatic heterocycles. The highest BCUT2D eigenvalue weighted by molar-refractivity contribution is 9.10. The number of rotatable bonds is 5. The quantitative estimate of drug-likeness (QED) is 0.626. The van der Waals surface area contributed by atoms with Crippen LogP contribution in [0.1, 0.15) is 17.4 Å². The van der Waals surface area contributed by atoms with E-state index in [1.54, 1.807) is 7.11 Å². The van der Waals surface area contributed by atoms with Crippen molar-refractivity contribution in [2.24, 2.45) is 0 Å². The average molecular weight is 429 g/mol. The van der Waals surface area contributed by atoms with E-state index in [-0.39, 0.29) is 0 Å². The summed E-state index contributed by atoms with van der Waals surface area (Å²) in [7, 11) is 1.59. The van der Waals surface area contributed by atoms with Gasteiger partial charge in [-0.3, -0.25) is 4.79 Å². The summed E-state index contributed by atoms with van der Waals surface area (Å²) in [5.41, 5.74) is 3.26. The van der Waals surface area contributed by atoms with Crippen molar-refractivity contribution in [2.75, 3.05) is 20.2 Å². The maximum absolute atomic E-state index is 12.1. The molecule has 140 valence electrons. The summed E-state index contributed by atoms with van der Waals surface area (Å²) in [6, 6.07) is 13.7. The summed E-state index contributed by atoms with van der Waals surface area (Å²) in [6.07, 6.45) is 1.04. The van der Waals surface area contributed by atoms with Crippen LogP contribution in [0.15, 0.2) is 46.9 Å². The summed E-state index contributed by atoms with van der Waals surface area (Å²) in [5.74, 6) is 1.14. The number of aromatic nitrogens is 1. The van der Waals surface area contributed by atoms with E-state index >= 15 is 0 Å². The summed E-state index contributed by atoms with van der Waals surface area (Å²) in [5, 5.41) is 4.50. The maximum atomic E-state index is 12.1. The van der Waals surface area contributed by atoms with Crippen LogP contribution in [0.4, 0.5) is 0 Å². The van der Waals surface area contributed by atoms with E-state index in [0.29, 0.717) is 11.5 Å². The Bertz CT molecular complexity index is 983. The lowest BCUT2D eigenvalue weighted by atomic mass is 10.0. The standard InChI is InChI=1S/C21H21BrN2O3/c1-26-19-12-14(22)6-7-18(19)27-20(13-25)21-15-4-2-3-5-16(15)24-11-10-23-9-8-17(21)24/h2-7,12-13,20,23H,8-11H2,1H3. The lowest BCUT2D eigenvalue weighted by Crippen LogP contribution is -2.17. The molecule has 5 nitrogen and oxygen atoms in total. The number of halogens is 1. The fourth-order valence-corrected chi connectivity index (χ4v) is 4.12. The molecular weight excluding hydrogens is 408 g/mol. The first-order chi connectivity index (χ1) is 13.2. The minimum Gasteiger partial charge on any atom is -0.493 e. The Hall–Kier alpha value is -2.31. The molecule has 1 atom stereocenters. The highest BCUT2D eigenvalue weighted by Gasteiger charge is 2.26. The Labute approximate surface area is 166 Å². The molecule has 0 saturated carbocycles. The summed E-state index contributed by atoms with van der Waals surface area (Å²) < 4.78 is 14.8. The first-order valence-corrected chi connectivity index (χ1v) is 9.78. The van der Waals surface area contributed by atoms with Crippen LogP contribution in [0.2, 0.25) is 0 Å². The second-order valence-corrected chi connectivity index (χ2v) is 7.41. The molecule has 6 heteroatoms. The van der Waals surface area contributed by atoms with Gasteiger partial charge in [0.2, 0.25) is 0 Å². The molecule has 0 saturated heterocycles. The summed E-state index contributed by atoms with van der Waals surface area (Å²) in [4.78, 5) is 12.1. The fourth-order valence-electron chi connectivity index (χ4n) is 3.78. The molecule has 0 bridgehead atoms. The minimum absolute atomic E-state index is 0.550. The van der Waals surface area contributed by atoms with Gasteiger partial charge in [0, 0.05) is 52.7 Å². The zero-order chi connectivity index (χ0) is 18.8. The predicted molar refractivity (Wildman–Crippen MR) is 109 cm³/mol. The van der Waals surface area contributed by atoms with Crippen LogP contribution < -0.4 is 14.8 Å². The molecule has 1 aliphatic rings. The third kappa shape index (κ3) is 3.35. The molecule has 4 rings (SSSR count). The van der Waals surface area contributed by atoms with Crippen molar-refractivity contribution >= 4 is 33.1 Å². The van der Waals surface area contributed by atoms with Gasteiger partial charge in [-0.1, -0.05) is 34.1 Å². The lowest BCUT2D eigenvalue weighted by molar-refractivity contribution is -0.113. The number of nitrogens with zero attached hydrogens (tertiary/aromatic N) is 1. The molecule has 0 amide bonds. The number of para-hydroxylation sites is 1. The van der Waals surface area contributed by atoms with Gasteiger partial charge < -0.3 is 19.4 Å². The number of fused-ring (bicyclic) bond motifs is 3. The number of hydrogen-bond donors (Lipinski definition) is 1. The van der Waals surface area contributed by atoms with Crippen molar-refractivity contribution in [3.05, 3.63) is 58.2 Å². The molecule has 27 heavy (non-hydrogen) atoms. The summed E-state index contributed by atoms with van der Waals surface area (Å²) >= 11 is 3.43. The number of carbonyl (C=O) groups excluding carboxylic acids is 1. The molecule has 1 aromatic heterocycles. The number of carbonyl (C=O) groups is 1. The number of benzene rings is 2. The first-order valence-electron chi connectivity index (χ1n) is 8.99. The van der Waals surface area contributed by atoms with Gasteiger partial charge in [-0.2, -0.15) is 0 Å². The number of ether oxygens (including phenoxy) is 2. The van der Waals surface area contributed by atoms with Crippen molar-refractivity contribution < 1.29 is 14.3 Å². The Morgan fingerprint density at radius 3 is 2.85 bits per heavy atom. The van der Waals surface area contributed by atoms with E-state index in [1.165, 1.54) is 0 Å². The van der Waals surface area contributed by atoms with Crippen molar-refractivity contribution in [1.82, 2.24) is 9.88 Å². The van der Waals surface area contributed by atoms with Crippen LogP contribution in [-0.2, 0) is 17.8 Å². The highest BCUT2D eigenvalue weighted by Crippen LogP contribution is 2.37. The molecule has 0 radical (unpaired) electrons. The van der Waals surface area contributed by atoms with Crippen LogP contribution in [0.25, 0.3) is 10.9 Å². The monoisotopic (exact) mass is 428 g/mol. The van der Waals surface area contributed by atoms with Crippen LogP contribution in [0.5, 0.6) is 11.5 Å². The smallest absolute Gasteiger partial charge is 0.181 e. The molecule has 2 aromatic carbocycles. The molecule has 1 N–H and O–H groups in total. The largest absolute Gasteiger partial charge is 0.493 e. The van der Waals surface area contributed by atoms with Gasteiger partial charge in [-0.25, -0.2) is 0 Å². The molecular formula is C21H21BrN2O3. The highest BCUT2D eigenvalue weighted by atomic mass is 79.9. The van der Waals surface area contributed by atoms with E-state index in [2.05, 4.69) is 37.9 Å². The van der Waals surface area contributed by atoms with E-state index in [1.807, 2.05) is 30.3 Å². The summed E-state index contributed by atoms with van der Waals surface area (Å²) in [6.45, 7) is 2.68. The van der Waals surface area contributed by atoms with Gasteiger partial charge in [0.15, 0.2) is 23.9 Å². The van der Waals surface area contributed by atoms with E-state index in [0.717, 1.165) is 59.0 Å². The van der Waals surface area contributed by atoms with Crippen molar-refractivity contribution in [3.8, 4) is 11.5 Å². The Balaban J connectivity index is 1.82. The number of nitrogens with one attached hydrogen (secondary N) is 1. The van der Waals surface area contributed by atoms with Gasteiger partial charge >= 0.3 is 0 Å². The van der Waals surface area contributed by atoms with Crippen molar-refractivity contribution in [1.29, 1.82) is 0 Å². The molecule has 1 unspecified atom stereocenters. The zero-order valence-electron chi connectivity index (χ0n) is 15.1. The van der Waals surface area contributed by atoms with Gasteiger partial charge in [-0.05, 0) is 24.3 Å². The minimum atomic E-state index is -0.695. The third-order valence-electron chi connectivity index (χ3n) is 4.96. The fraction of sp³-hybridized carbons (Fsp3) is 0.286. The van der Waals surface area contributed by atoms with Gasteiger partial charge in [0.1, 0.15) is 0 Å². The van der Waals surface area contributed by atoms with Gasteiger partial charge in [0.05, 0.1) is 7.11 Å². The van der Waals surface area contributed by atoms with Crippen LogP contribution in [-0.4, -0.2) is 31.1 Å². The average Bonchev–Trinajstić information content (AvgIpc) is 2.83. The second kappa shape index (κ2) is 7.74. The molecule has 0 spiro atoms. The Kier molecular flexibility index (Phi) is 5.18. The predicted octanol–water partition coefficient (Wildman–Crippen LogP) is 3.88. The zero-order valence-corrected chi connectivity index (χ0v) is 16.7. The van der Waals surface area contributed by atoms with Crippen LogP contribution in [0, 0.1) is 0 Å². The maximum Gasteiger partial charge on any atom is 0.181 e. The SMILES string of the molecule is COc1cc(Br)ccc1OC(C=O)c1c2n(c3ccccc13)CCNCC2. The third-order valence-corrected chi connectivity index (χ3v) is 5.45. The van der Waals surface area contributed by atoms with Crippen molar-refractivity contribution in [3.63, 3.8) is 0 Å². The molecule has 3 aromatic rings. The van der Waals surface area contributed by atoms with Crippen LogP contribution in [0.3, 0.4) is 0 Å². The van der Waals surface area contributed by atoms with E-state index in [4.69, 9.17) is 9.47 Å². The van der Waals surface area contributed by atoms with Crippen LogP contribution >= 0.6 is 15.9 Å². The molecule has 0 aliphatic carbocycles. The Morgan fingerprint density at radius 1 is 1.19 bits per heavy atom. The number of methoxy groups -OCH3 is 1. The first kappa shape index (κ1) is 18.1. The van der Waals surface area contributed by atoms with Gasteiger partial charge in [0.25, 0.3) is 0 Å². The van der Waals surface area contributed by atoms with Crippen molar-refractivity contribution in [2.45, 2.75) is 19.1 Å². The van der Waals surface area contributed by atoms with E-state index in [9.17, 15) is 4.79 Å². The lowest BCUT2D eigenvalue weighted by Gasteiger charge is -2.18. The second-order valence-electron chi connectivity index (χ2n) is 6.50. The topological polar surface area (TPSA) is 52.5 Å². The molecule has 0 fully saturated rings. The number of hydrogen-bond acceptors (Lipinski definition) is 4. The molecule has 2 heterocycles. The van der Waals surface area contributed by atoms with Gasteiger partial charge in [-0.15, -0.1) is 0 Å². The normalized spacial score (nSPS) is 15.0. The Morgan fingerprint density at radius 2 is 2.04 bits per heavy atom. The van der Waals surface area contributed by atoms with E-state index < -0.39 is 6.10 Å². The number of aldehydes is 1.